The van der Waals surface area contributed by atoms with Crippen LogP contribution in [0.3, 0.4) is 0 Å². The van der Waals surface area contributed by atoms with Crippen molar-refractivity contribution in [3.63, 3.8) is 0 Å². The van der Waals surface area contributed by atoms with Crippen molar-refractivity contribution in [1.82, 2.24) is 24.6 Å². The molecule has 2 aliphatic rings. The van der Waals surface area contributed by atoms with Crippen LogP contribution in [0.4, 0.5) is 11.4 Å². The van der Waals surface area contributed by atoms with Gasteiger partial charge in [0.1, 0.15) is 12.1 Å². The molecule has 2 saturated heterocycles. The summed E-state index contributed by atoms with van der Waals surface area (Å²) in [6, 6.07) is 13.6. The van der Waals surface area contributed by atoms with Gasteiger partial charge in [0.15, 0.2) is 5.76 Å². The molecule has 0 unspecified atom stereocenters. The number of likely N-dealkylation sites (tertiary alicyclic amines) is 2. The number of nitrogens with zero attached hydrogens (tertiary/aromatic N) is 5. The molecule has 0 radical (unpaired) electrons. The zero-order valence-electron chi connectivity index (χ0n) is 26.3. The van der Waals surface area contributed by atoms with Gasteiger partial charge in [-0.3, -0.25) is 19.2 Å². The molecule has 45 heavy (non-hydrogen) atoms. The van der Waals surface area contributed by atoms with Crippen molar-refractivity contribution >= 4 is 35.0 Å². The first kappa shape index (κ1) is 31.9. The van der Waals surface area contributed by atoms with Gasteiger partial charge in [-0.1, -0.05) is 0 Å². The summed E-state index contributed by atoms with van der Waals surface area (Å²) < 4.78 is 6.02. The summed E-state index contributed by atoms with van der Waals surface area (Å²) >= 11 is 0. The van der Waals surface area contributed by atoms with Crippen LogP contribution < -0.4 is 10.6 Å². The Morgan fingerprint density at radius 3 is 1.62 bits per heavy atom. The third-order valence-corrected chi connectivity index (χ3v) is 8.00. The molecule has 3 heterocycles. The van der Waals surface area contributed by atoms with Crippen LogP contribution in [0.1, 0.15) is 25.7 Å². The normalized spacial score (nSPS) is 18.1. The molecular weight excluding hydrogens is 574 g/mol. The predicted molar refractivity (Wildman–Crippen MR) is 171 cm³/mol. The van der Waals surface area contributed by atoms with E-state index in [0.717, 1.165) is 24.0 Å². The number of hydrogen-bond donors (Lipinski definition) is 2. The van der Waals surface area contributed by atoms with Crippen LogP contribution in [0.15, 0.2) is 59.1 Å². The topological polar surface area (TPSA) is 131 Å². The second kappa shape index (κ2) is 14.0. The van der Waals surface area contributed by atoms with Crippen LogP contribution in [-0.2, 0) is 19.2 Å². The van der Waals surface area contributed by atoms with E-state index in [-0.39, 0.29) is 36.7 Å². The van der Waals surface area contributed by atoms with Gasteiger partial charge in [-0.05, 0) is 102 Å². The average Bonchev–Trinajstić information content (AvgIpc) is 3.78. The highest BCUT2D eigenvalue weighted by atomic mass is 16.4. The molecule has 0 bridgehead atoms. The Bertz CT molecular complexity index is 1400. The highest BCUT2D eigenvalue weighted by Crippen LogP contribution is 2.29. The van der Waals surface area contributed by atoms with Crippen molar-refractivity contribution in [3.8, 4) is 22.8 Å². The third kappa shape index (κ3) is 7.76. The summed E-state index contributed by atoms with van der Waals surface area (Å²) in [5.74, 6) is 0.533. The first-order valence-electron chi connectivity index (χ1n) is 15.3. The van der Waals surface area contributed by atoms with E-state index in [9.17, 15) is 19.2 Å². The number of anilines is 2. The molecule has 2 aliphatic heterocycles. The number of oxazole rings is 1. The quantitative estimate of drug-likeness (QED) is 0.356. The maximum atomic E-state index is 13.0. The highest BCUT2D eigenvalue weighted by Gasteiger charge is 2.35. The Labute approximate surface area is 263 Å². The minimum Gasteiger partial charge on any atom is -0.436 e. The fourth-order valence-electron chi connectivity index (χ4n) is 5.80. The molecule has 2 N–H and O–H groups in total. The summed E-state index contributed by atoms with van der Waals surface area (Å²) in [4.78, 5) is 62.4. The SMILES string of the molecule is CN(C)CC(=O)N1CCC[C@H]1C(=O)Nc1ccc(-c2cnc(-c3ccc(NC(=O)[C@@H]4CCCN4C(=O)CN(C)C)cc3)o2)cc1. The van der Waals surface area contributed by atoms with Crippen molar-refractivity contribution in [2.75, 3.05) is 65.0 Å². The molecule has 0 saturated carbocycles. The Morgan fingerprint density at radius 2 is 1.18 bits per heavy atom. The van der Waals surface area contributed by atoms with Crippen LogP contribution in [0.2, 0.25) is 0 Å². The van der Waals surface area contributed by atoms with Crippen LogP contribution in [0.25, 0.3) is 22.8 Å². The zero-order valence-corrected chi connectivity index (χ0v) is 26.3. The Balaban J connectivity index is 1.17. The van der Waals surface area contributed by atoms with E-state index in [2.05, 4.69) is 15.6 Å². The van der Waals surface area contributed by atoms with Gasteiger partial charge in [0, 0.05) is 35.6 Å². The van der Waals surface area contributed by atoms with Gasteiger partial charge in [0.25, 0.3) is 0 Å². The van der Waals surface area contributed by atoms with Gasteiger partial charge in [-0.2, -0.15) is 0 Å². The van der Waals surface area contributed by atoms with Crippen molar-refractivity contribution in [3.05, 3.63) is 54.7 Å². The molecule has 3 aromatic rings. The van der Waals surface area contributed by atoms with Crippen LogP contribution >= 0.6 is 0 Å². The molecule has 12 nitrogen and oxygen atoms in total. The maximum Gasteiger partial charge on any atom is 0.247 e. The lowest BCUT2D eigenvalue weighted by Gasteiger charge is -2.25. The molecule has 2 aromatic carbocycles. The number of carbonyl (C=O) groups is 4. The lowest BCUT2D eigenvalue weighted by Crippen LogP contribution is -2.46. The van der Waals surface area contributed by atoms with Gasteiger partial charge in [0.2, 0.25) is 29.5 Å². The fraction of sp³-hybridized carbons (Fsp3) is 0.424. The van der Waals surface area contributed by atoms with Crippen molar-refractivity contribution < 1.29 is 23.6 Å². The lowest BCUT2D eigenvalue weighted by atomic mass is 10.1. The lowest BCUT2D eigenvalue weighted by molar-refractivity contribution is -0.137. The molecule has 2 fully saturated rings. The van der Waals surface area contributed by atoms with Gasteiger partial charge >= 0.3 is 0 Å². The maximum absolute atomic E-state index is 13.0. The smallest absolute Gasteiger partial charge is 0.247 e. The number of benzene rings is 2. The van der Waals surface area contributed by atoms with Gasteiger partial charge < -0.3 is 34.7 Å². The molecule has 1 aromatic heterocycles. The summed E-state index contributed by atoms with van der Waals surface area (Å²) in [5, 5.41) is 5.87. The largest absolute Gasteiger partial charge is 0.436 e. The van der Waals surface area contributed by atoms with Crippen molar-refractivity contribution in [2.45, 2.75) is 37.8 Å². The van der Waals surface area contributed by atoms with Crippen molar-refractivity contribution in [1.29, 1.82) is 0 Å². The van der Waals surface area contributed by atoms with Gasteiger partial charge in [-0.25, -0.2) is 4.98 Å². The Morgan fingerprint density at radius 1 is 0.733 bits per heavy atom. The second-order valence-corrected chi connectivity index (χ2v) is 12.1. The molecule has 4 amide bonds. The van der Waals surface area contributed by atoms with E-state index in [1.54, 1.807) is 50.1 Å². The summed E-state index contributed by atoms with van der Waals surface area (Å²) in [6.07, 6.45) is 4.55. The fourth-order valence-corrected chi connectivity index (χ4v) is 5.80. The highest BCUT2D eigenvalue weighted by molar-refractivity contribution is 5.98. The van der Waals surface area contributed by atoms with E-state index < -0.39 is 12.1 Å². The first-order chi connectivity index (χ1) is 21.6. The molecule has 5 rings (SSSR count). The van der Waals surface area contributed by atoms with Crippen LogP contribution in [0.5, 0.6) is 0 Å². The molecule has 238 valence electrons. The van der Waals surface area contributed by atoms with E-state index in [4.69, 9.17) is 4.42 Å². The predicted octanol–water partition coefficient (Wildman–Crippen LogP) is 2.99. The van der Waals surface area contributed by atoms with E-state index in [1.165, 1.54) is 0 Å². The summed E-state index contributed by atoms with van der Waals surface area (Å²) in [7, 11) is 7.35. The summed E-state index contributed by atoms with van der Waals surface area (Å²) in [6.45, 7) is 1.73. The number of hydrogen-bond acceptors (Lipinski definition) is 8. The average molecular weight is 616 g/mol. The molecule has 2 atom stereocenters. The zero-order chi connectivity index (χ0) is 32.1. The number of amides is 4. The van der Waals surface area contributed by atoms with Crippen molar-refractivity contribution in [2.24, 2.45) is 0 Å². The summed E-state index contributed by atoms with van der Waals surface area (Å²) in [5.41, 5.74) is 2.81. The number of aromatic nitrogens is 1. The second-order valence-electron chi connectivity index (χ2n) is 12.1. The molecule has 0 spiro atoms. The minimum atomic E-state index is -0.471. The first-order valence-corrected chi connectivity index (χ1v) is 15.3. The number of likely N-dealkylation sites (N-methyl/N-ethyl adjacent to an activating group) is 2. The standard InChI is InChI=1S/C33H41N7O5/c1-37(2)20-29(41)39-17-5-7-26(39)31(43)35-24-13-9-22(10-14-24)28-19-34-33(45-28)23-11-15-25(16-12-23)36-32(44)27-8-6-18-40(27)30(42)21-38(3)4/h9-16,19,26-27H,5-8,17-18,20-21H2,1-4H3,(H,35,43)(H,36,44)/t26-,27-/m0/s1. The van der Waals surface area contributed by atoms with Crippen LogP contribution in [0, 0.1) is 0 Å². The van der Waals surface area contributed by atoms with E-state index in [1.807, 2.05) is 52.5 Å². The van der Waals surface area contributed by atoms with E-state index in [0.29, 0.717) is 49.0 Å². The number of rotatable bonds is 10. The monoisotopic (exact) mass is 615 g/mol. The Kier molecular flexibility index (Phi) is 9.94. The number of nitrogens with one attached hydrogen (secondary N) is 2. The van der Waals surface area contributed by atoms with E-state index >= 15 is 0 Å². The molecule has 12 heteroatoms. The van der Waals surface area contributed by atoms with Gasteiger partial charge in [-0.15, -0.1) is 0 Å². The Hall–Kier alpha value is -4.55. The number of carbonyl (C=O) groups excluding carboxylic acids is 4. The van der Waals surface area contributed by atoms with Gasteiger partial charge in [0.05, 0.1) is 19.3 Å². The third-order valence-electron chi connectivity index (χ3n) is 8.00. The minimum absolute atomic E-state index is 0.0437. The molecular formula is C33H41N7O5. The van der Waals surface area contributed by atoms with Crippen LogP contribution in [-0.4, -0.2) is 115 Å². The molecule has 0 aliphatic carbocycles.